The van der Waals surface area contributed by atoms with E-state index in [9.17, 15) is 5.11 Å². The molecule has 0 spiro atoms. The first-order chi connectivity index (χ1) is 10.7. The highest BCUT2D eigenvalue weighted by Crippen LogP contribution is 2.40. The van der Waals surface area contributed by atoms with E-state index in [0.717, 1.165) is 11.1 Å². The zero-order valence-electron chi connectivity index (χ0n) is 13.2. The molecule has 0 amide bonds. The third kappa shape index (κ3) is 3.71. The molecule has 0 fully saturated rings. The third-order valence-corrected chi connectivity index (χ3v) is 3.48. The minimum Gasteiger partial charge on any atom is -0.493 e. The first-order valence-electron chi connectivity index (χ1n) is 7.30. The maximum Gasteiger partial charge on any atom is 0.203 e. The molecule has 0 aliphatic rings. The fraction of sp³-hybridized carbons (Fsp3) is 0.333. The molecule has 2 rings (SSSR count). The van der Waals surface area contributed by atoms with Crippen LogP contribution in [-0.4, -0.2) is 19.3 Å². The number of aliphatic hydroxyl groups excluding tert-OH is 1. The van der Waals surface area contributed by atoms with Crippen molar-refractivity contribution in [2.75, 3.05) is 14.2 Å². The summed E-state index contributed by atoms with van der Waals surface area (Å²) in [5.74, 6) is 1.65. The molecule has 0 aliphatic heterocycles. The number of aliphatic hydroxyl groups is 1. The molecule has 0 saturated heterocycles. The highest BCUT2D eigenvalue weighted by atomic mass is 16.5. The Bertz CT molecular complexity index is 570. The van der Waals surface area contributed by atoms with Gasteiger partial charge >= 0.3 is 0 Å². The second kappa shape index (κ2) is 7.71. The van der Waals surface area contributed by atoms with Crippen molar-refractivity contribution in [1.29, 1.82) is 0 Å². The Morgan fingerprint density at radius 2 is 1.59 bits per heavy atom. The van der Waals surface area contributed by atoms with E-state index in [2.05, 4.69) is 0 Å². The number of ether oxygens (including phenoxy) is 3. The van der Waals surface area contributed by atoms with Gasteiger partial charge in [0.05, 0.1) is 20.3 Å². The van der Waals surface area contributed by atoms with E-state index >= 15 is 0 Å². The standard InChI is InChI=1S/C18H22O4/c1-4-15(19)14-10-16(20-2)18(17(11-14)21-3)22-12-13-8-6-5-7-9-13/h5-11,15,19H,4,12H2,1-3H3. The molecule has 1 N–H and O–H groups in total. The van der Waals surface area contributed by atoms with Crippen molar-refractivity contribution in [2.24, 2.45) is 0 Å². The molecule has 2 aromatic rings. The Kier molecular flexibility index (Phi) is 5.67. The van der Waals surface area contributed by atoms with Gasteiger partial charge in [0, 0.05) is 0 Å². The molecule has 0 aliphatic carbocycles. The summed E-state index contributed by atoms with van der Waals surface area (Å²) in [7, 11) is 3.15. The summed E-state index contributed by atoms with van der Waals surface area (Å²) in [6.45, 7) is 2.34. The van der Waals surface area contributed by atoms with Gasteiger partial charge in [-0.05, 0) is 29.7 Å². The maximum absolute atomic E-state index is 10.0. The van der Waals surface area contributed by atoms with Crippen molar-refractivity contribution in [1.82, 2.24) is 0 Å². The maximum atomic E-state index is 10.0. The lowest BCUT2D eigenvalue weighted by atomic mass is 10.1. The van der Waals surface area contributed by atoms with Gasteiger partial charge in [-0.2, -0.15) is 0 Å². The Hall–Kier alpha value is -2.20. The van der Waals surface area contributed by atoms with E-state index in [4.69, 9.17) is 14.2 Å². The quantitative estimate of drug-likeness (QED) is 0.846. The van der Waals surface area contributed by atoms with E-state index in [1.54, 1.807) is 26.4 Å². The summed E-state index contributed by atoms with van der Waals surface area (Å²) in [5.41, 5.74) is 1.81. The molecule has 0 heterocycles. The zero-order chi connectivity index (χ0) is 15.9. The number of hydrogen-bond acceptors (Lipinski definition) is 4. The molecule has 0 bridgehead atoms. The van der Waals surface area contributed by atoms with Gasteiger partial charge in [-0.1, -0.05) is 37.3 Å². The molecule has 2 aromatic carbocycles. The van der Waals surface area contributed by atoms with Gasteiger partial charge in [-0.15, -0.1) is 0 Å². The third-order valence-electron chi connectivity index (χ3n) is 3.48. The summed E-state index contributed by atoms with van der Waals surface area (Å²) in [6, 6.07) is 13.5. The molecule has 0 saturated carbocycles. The highest BCUT2D eigenvalue weighted by Gasteiger charge is 2.17. The summed E-state index contributed by atoms with van der Waals surface area (Å²) in [5, 5.41) is 10.0. The average Bonchev–Trinajstić information content (AvgIpc) is 2.59. The Balaban J connectivity index is 2.29. The fourth-order valence-electron chi connectivity index (χ4n) is 2.20. The highest BCUT2D eigenvalue weighted by molar-refractivity contribution is 5.54. The van der Waals surface area contributed by atoms with Crippen molar-refractivity contribution in [2.45, 2.75) is 26.1 Å². The minimum absolute atomic E-state index is 0.420. The second-order valence-electron chi connectivity index (χ2n) is 4.95. The zero-order valence-corrected chi connectivity index (χ0v) is 13.2. The predicted octanol–water partition coefficient (Wildman–Crippen LogP) is 3.73. The van der Waals surface area contributed by atoms with E-state index in [1.165, 1.54) is 0 Å². The van der Waals surface area contributed by atoms with E-state index in [-0.39, 0.29) is 0 Å². The van der Waals surface area contributed by atoms with Crippen molar-refractivity contribution in [3.63, 3.8) is 0 Å². The van der Waals surface area contributed by atoms with Crippen LogP contribution in [0.1, 0.15) is 30.6 Å². The Morgan fingerprint density at radius 3 is 2.09 bits per heavy atom. The average molecular weight is 302 g/mol. The van der Waals surface area contributed by atoms with Crippen LogP contribution in [0.15, 0.2) is 42.5 Å². The lowest BCUT2D eigenvalue weighted by Crippen LogP contribution is -2.03. The molecule has 0 radical (unpaired) electrons. The minimum atomic E-state index is -0.550. The van der Waals surface area contributed by atoms with Gasteiger partial charge < -0.3 is 19.3 Å². The normalized spacial score (nSPS) is 11.8. The van der Waals surface area contributed by atoms with Gasteiger partial charge in [0.1, 0.15) is 6.61 Å². The number of hydrogen-bond donors (Lipinski definition) is 1. The molecule has 0 aromatic heterocycles. The lowest BCUT2D eigenvalue weighted by molar-refractivity contribution is 0.172. The van der Waals surface area contributed by atoms with Crippen molar-refractivity contribution in [3.05, 3.63) is 53.6 Å². The Morgan fingerprint density at radius 1 is 1.00 bits per heavy atom. The van der Waals surface area contributed by atoms with Crippen molar-refractivity contribution >= 4 is 0 Å². The first-order valence-corrected chi connectivity index (χ1v) is 7.30. The van der Waals surface area contributed by atoms with Crippen LogP contribution in [0.3, 0.4) is 0 Å². The summed E-state index contributed by atoms with van der Waals surface area (Å²) in [4.78, 5) is 0. The van der Waals surface area contributed by atoms with E-state index in [1.807, 2.05) is 37.3 Å². The van der Waals surface area contributed by atoms with Crippen LogP contribution in [0.2, 0.25) is 0 Å². The van der Waals surface area contributed by atoms with Crippen molar-refractivity contribution in [3.8, 4) is 17.2 Å². The largest absolute Gasteiger partial charge is 0.493 e. The van der Waals surface area contributed by atoms with Crippen LogP contribution in [-0.2, 0) is 6.61 Å². The molecular weight excluding hydrogens is 280 g/mol. The molecule has 118 valence electrons. The van der Waals surface area contributed by atoms with Crippen LogP contribution in [0.5, 0.6) is 17.2 Å². The summed E-state index contributed by atoms with van der Waals surface area (Å²) < 4.78 is 16.7. The van der Waals surface area contributed by atoms with Crippen LogP contribution >= 0.6 is 0 Å². The number of benzene rings is 2. The first kappa shape index (κ1) is 16.2. The molecule has 4 nitrogen and oxygen atoms in total. The van der Waals surface area contributed by atoms with Crippen LogP contribution in [0.25, 0.3) is 0 Å². The predicted molar refractivity (Wildman–Crippen MR) is 85.6 cm³/mol. The Labute approximate surface area is 131 Å². The summed E-state index contributed by atoms with van der Waals surface area (Å²) >= 11 is 0. The molecular formula is C18H22O4. The van der Waals surface area contributed by atoms with Crippen LogP contribution in [0.4, 0.5) is 0 Å². The fourth-order valence-corrected chi connectivity index (χ4v) is 2.20. The molecule has 4 heteroatoms. The van der Waals surface area contributed by atoms with Gasteiger partial charge in [0.15, 0.2) is 11.5 Å². The van der Waals surface area contributed by atoms with Gasteiger partial charge in [0.25, 0.3) is 0 Å². The van der Waals surface area contributed by atoms with Crippen LogP contribution in [0, 0.1) is 0 Å². The lowest BCUT2D eigenvalue weighted by Gasteiger charge is -2.18. The second-order valence-corrected chi connectivity index (χ2v) is 4.95. The van der Waals surface area contributed by atoms with E-state index in [0.29, 0.717) is 30.3 Å². The summed E-state index contributed by atoms with van der Waals surface area (Å²) in [6.07, 6.45) is 0.0715. The van der Waals surface area contributed by atoms with Crippen LogP contribution < -0.4 is 14.2 Å². The van der Waals surface area contributed by atoms with E-state index < -0.39 is 6.10 Å². The topological polar surface area (TPSA) is 47.9 Å². The van der Waals surface area contributed by atoms with Gasteiger partial charge in [-0.25, -0.2) is 0 Å². The molecule has 22 heavy (non-hydrogen) atoms. The van der Waals surface area contributed by atoms with Gasteiger partial charge in [-0.3, -0.25) is 0 Å². The number of rotatable bonds is 7. The van der Waals surface area contributed by atoms with Crippen molar-refractivity contribution < 1.29 is 19.3 Å². The molecule has 1 unspecified atom stereocenters. The SMILES string of the molecule is CCC(O)c1cc(OC)c(OCc2ccccc2)c(OC)c1. The molecule has 1 atom stereocenters. The number of methoxy groups -OCH3 is 2. The monoisotopic (exact) mass is 302 g/mol. The smallest absolute Gasteiger partial charge is 0.203 e. The van der Waals surface area contributed by atoms with Gasteiger partial charge in [0.2, 0.25) is 5.75 Å².